The van der Waals surface area contributed by atoms with Crippen LogP contribution in [0, 0.1) is 0 Å². The van der Waals surface area contributed by atoms with Crippen LogP contribution in [0.1, 0.15) is 38.5 Å². The van der Waals surface area contributed by atoms with Gasteiger partial charge in [-0.1, -0.05) is 43.9 Å². The molecule has 0 spiro atoms. The van der Waals surface area contributed by atoms with Crippen LogP contribution in [0.15, 0.2) is 30.3 Å². The normalized spacial score (nSPS) is 19.4. The standard InChI is InChI=1S/C14H19NO2/c15-14(10-6-1-2-7-11-14)13(16)17-12-8-4-3-5-9-12/h3-5,8-9H,1-2,6-7,10-11,15H2. The van der Waals surface area contributed by atoms with Crippen molar-refractivity contribution in [3.05, 3.63) is 30.3 Å². The number of rotatable bonds is 2. The van der Waals surface area contributed by atoms with Gasteiger partial charge >= 0.3 is 5.97 Å². The highest BCUT2D eigenvalue weighted by Gasteiger charge is 2.36. The molecule has 0 aliphatic heterocycles. The van der Waals surface area contributed by atoms with E-state index in [9.17, 15) is 4.79 Å². The number of ether oxygens (including phenoxy) is 1. The molecule has 0 amide bonds. The Morgan fingerprint density at radius 2 is 1.65 bits per heavy atom. The molecule has 0 heterocycles. The summed E-state index contributed by atoms with van der Waals surface area (Å²) in [5.74, 6) is 0.289. The Balaban J connectivity index is 2.03. The maximum absolute atomic E-state index is 12.1. The van der Waals surface area contributed by atoms with E-state index < -0.39 is 5.54 Å². The molecule has 0 atom stereocenters. The molecular weight excluding hydrogens is 214 g/mol. The lowest BCUT2D eigenvalue weighted by Crippen LogP contribution is -2.49. The van der Waals surface area contributed by atoms with Crippen LogP contribution in [0.3, 0.4) is 0 Å². The van der Waals surface area contributed by atoms with Crippen LogP contribution in [0.5, 0.6) is 5.75 Å². The van der Waals surface area contributed by atoms with Gasteiger partial charge in [0, 0.05) is 0 Å². The Bertz CT molecular complexity index is 367. The summed E-state index contributed by atoms with van der Waals surface area (Å²) < 4.78 is 5.35. The van der Waals surface area contributed by atoms with Crippen LogP contribution in [0.2, 0.25) is 0 Å². The van der Waals surface area contributed by atoms with E-state index in [4.69, 9.17) is 10.5 Å². The maximum Gasteiger partial charge on any atom is 0.331 e. The summed E-state index contributed by atoms with van der Waals surface area (Å²) >= 11 is 0. The topological polar surface area (TPSA) is 52.3 Å². The van der Waals surface area contributed by atoms with Crippen molar-refractivity contribution in [1.29, 1.82) is 0 Å². The van der Waals surface area contributed by atoms with E-state index >= 15 is 0 Å². The molecule has 1 aliphatic rings. The molecule has 0 aromatic heterocycles. The molecule has 2 rings (SSSR count). The third-order valence-electron chi connectivity index (χ3n) is 3.36. The quantitative estimate of drug-likeness (QED) is 0.485. The van der Waals surface area contributed by atoms with Crippen molar-refractivity contribution in [3.63, 3.8) is 0 Å². The number of esters is 1. The van der Waals surface area contributed by atoms with E-state index in [2.05, 4.69) is 0 Å². The first-order chi connectivity index (χ1) is 8.21. The average Bonchev–Trinajstić information content (AvgIpc) is 2.56. The summed E-state index contributed by atoms with van der Waals surface area (Å²) in [5.41, 5.74) is 5.39. The fourth-order valence-corrected chi connectivity index (χ4v) is 2.26. The lowest BCUT2D eigenvalue weighted by atomic mass is 9.92. The minimum Gasteiger partial charge on any atom is -0.425 e. The number of carbonyl (C=O) groups is 1. The van der Waals surface area contributed by atoms with E-state index in [0.29, 0.717) is 5.75 Å². The summed E-state index contributed by atoms with van der Waals surface area (Å²) in [6.07, 6.45) is 5.83. The Morgan fingerprint density at radius 1 is 1.06 bits per heavy atom. The monoisotopic (exact) mass is 233 g/mol. The molecule has 0 radical (unpaired) electrons. The fourth-order valence-electron chi connectivity index (χ4n) is 2.26. The zero-order valence-corrected chi connectivity index (χ0v) is 10.0. The van der Waals surface area contributed by atoms with Crippen LogP contribution in [-0.4, -0.2) is 11.5 Å². The maximum atomic E-state index is 12.1. The first kappa shape index (κ1) is 12.1. The SMILES string of the molecule is NC1(C(=O)Oc2ccccc2)CCCCCC1. The molecule has 0 saturated heterocycles. The van der Waals surface area contributed by atoms with E-state index in [-0.39, 0.29) is 5.97 Å². The molecule has 1 saturated carbocycles. The molecule has 1 aromatic carbocycles. The van der Waals surface area contributed by atoms with Crippen LogP contribution >= 0.6 is 0 Å². The largest absolute Gasteiger partial charge is 0.425 e. The summed E-state index contributed by atoms with van der Waals surface area (Å²) in [6.45, 7) is 0. The third kappa shape index (κ3) is 3.07. The number of hydrogen-bond donors (Lipinski definition) is 1. The first-order valence-corrected chi connectivity index (χ1v) is 6.27. The second-order valence-electron chi connectivity index (χ2n) is 4.77. The third-order valence-corrected chi connectivity index (χ3v) is 3.36. The molecule has 92 valence electrons. The van der Waals surface area contributed by atoms with E-state index in [1.165, 1.54) is 0 Å². The second kappa shape index (κ2) is 5.32. The molecule has 1 aliphatic carbocycles. The van der Waals surface area contributed by atoms with Crippen molar-refractivity contribution in [2.45, 2.75) is 44.1 Å². The van der Waals surface area contributed by atoms with Crippen LogP contribution in [-0.2, 0) is 4.79 Å². The van der Waals surface area contributed by atoms with Gasteiger partial charge in [-0.25, -0.2) is 4.79 Å². The Morgan fingerprint density at radius 3 is 2.24 bits per heavy atom. The van der Waals surface area contributed by atoms with Gasteiger partial charge in [-0.2, -0.15) is 0 Å². The molecule has 1 aromatic rings. The van der Waals surface area contributed by atoms with Crippen molar-refractivity contribution in [1.82, 2.24) is 0 Å². The zero-order valence-electron chi connectivity index (χ0n) is 10.0. The highest BCUT2D eigenvalue weighted by Crippen LogP contribution is 2.26. The van der Waals surface area contributed by atoms with E-state index in [1.54, 1.807) is 12.1 Å². The van der Waals surface area contributed by atoms with Gasteiger partial charge in [-0.15, -0.1) is 0 Å². The number of carbonyl (C=O) groups excluding carboxylic acids is 1. The number of nitrogens with two attached hydrogens (primary N) is 1. The molecule has 2 N–H and O–H groups in total. The van der Waals surface area contributed by atoms with Gasteiger partial charge in [0.2, 0.25) is 0 Å². The van der Waals surface area contributed by atoms with E-state index in [0.717, 1.165) is 38.5 Å². The van der Waals surface area contributed by atoms with Gasteiger partial charge < -0.3 is 10.5 Å². The number of para-hydroxylation sites is 1. The van der Waals surface area contributed by atoms with Gasteiger partial charge in [0.15, 0.2) is 0 Å². The van der Waals surface area contributed by atoms with Crippen LogP contribution < -0.4 is 10.5 Å². The second-order valence-corrected chi connectivity index (χ2v) is 4.77. The Hall–Kier alpha value is -1.35. The molecule has 0 bridgehead atoms. The van der Waals surface area contributed by atoms with Gasteiger partial charge in [0.1, 0.15) is 11.3 Å². The van der Waals surface area contributed by atoms with Gasteiger partial charge in [-0.05, 0) is 25.0 Å². The minimum absolute atomic E-state index is 0.286. The van der Waals surface area contributed by atoms with Crippen LogP contribution in [0.25, 0.3) is 0 Å². The number of hydrogen-bond acceptors (Lipinski definition) is 3. The Labute approximate surface area is 102 Å². The smallest absolute Gasteiger partial charge is 0.331 e. The first-order valence-electron chi connectivity index (χ1n) is 6.27. The highest BCUT2D eigenvalue weighted by atomic mass is 16.5. The van der Waals surface area contributed by atoms with E-state index in [1.807, 2.05) is 18.2 Å². The molecule has 17 heavy (non-hydrogen) atoms. The highest BCUT2D eigenvalue weighted by molar-refractivity contribution is 5.82. The molecule has 3 heteroatoms. The van der Waals surface area contributed by atoms with Crippen molar-refractivity contribution in [2.75, 3.05) is 0 Å². The minimum atomic E-state index is -0.785. The van der Waals surface area contributed by atoms with Crippen molar-refractivity contribution < 1.29 is 9.53 Å². The molecular formula is C14H19NO2. The summed E-state index contributed by atoms with van der Waals surface area (Å²) in [4.78, 5) is 12.1. The van der Waals surface area contributed by atoms with Gasteiger partial charge in [-0.3, -0.25) is 0 Å². The summed E-state index contributed by atoms with van der Waals surface area (Å²) in [5, 5.41) is 0. The van der Waals surface area contributed by atoms with Crippen LogP contribution in [0.4, 0.5) is 0 Å². The summed E-state index contributed by atoms with van der Waals surface area (Å²) in [7, 11) is 0. The predicted octanol–water partition coefficient (Wildman–Crippen LogP) is 2.64. The molecule has 0 unspecified atom stereocenters. The zero-order chi connectivity index (χ0) is 12.1. The predicted molar refractivity (Wildman–Crippen MR) is 66.7 cm³/mol. The Kier molecular flexibility index (Phi) is 3.79. The van der Waals surface area contributed by atoms with Gasteiger partial charge in [0.25, 0.3) is 0 Å². The number of benzene rings is 1. The fraction of sp³-hybridized carbons (Fsp3) is 0.500. The molecule has 1 fully saturated rings. The van der Waals surface area contributed by atoms with Gasteiger partial charge in [0.05, 0.1) is 0 Å². The molecule has 3 nitrogen and oxygen atoms in total. The average molecular weight is 233 g/mol. The van der Waals surface area contributed by atoms with Crippen molar-refractivity contribution >= 4 is 5.97 Å². The van der Waals surface area contributed by atoms with Crippen molar-refractivity contribution in [2.24, 2.45) is 5.73 Å². The lowest BCUT2D eigenvalue weighted by Gasteiger charge is -2.25. The van der Waals surface area contributed by atoms with Crippen molar-refractivity contribution in [3.8, 4) is 5.75 Å². The lowest BCUT2D eigenvalue weighted by molar-refractivity contribution is -0.141. The summed E-state index contributed by atoms with van der Waals surface area (Å²) in [6, 6.07) is 9.13.